The van der Waals surface area contributed by atoms with Crippen LogP contribution in [-0.2, 0) is 4.57 Å². The predicted octanol–water partition coefficient (Wildman–Crippen LogP) is -0.447. The van der Waals surface area contributed by atoms with Crippen molar-refractivity contribution >= 4 is 13.6 Å². The smallest absolute Gasteiger partial charge is 0.306 e. The highest BCUT2D eigenvalue weighted by atomic mass is 31.2. The van der Waals surface area contributed by atoms with Crippen LogP contribution in [-0.4, -0.2) is 19.8 Å². The van der Waals surface area contributed by atoms with Crippen LogP contribution in [0.15, 0.2) is 17.1 Å². The largest absolute Gasteiger partial charge is 0.459 e. The lowest BCUT2D eigenvalue weighted by Gasteiger charge is -2.12. The van der Waals surface area contributed by atoms with Crippen molar-refractivity contribution in [2.45, 2.75) is 0 Å². The molecule has 0 saturated heterocycles. The van der Waals surface area contributed by atoms with E-state index in [9.17, 15) is 13.8 Å². The van der Waals surface area contributed by atoms with Crippen LogP contribution in [0.5, 0.6) is 0 Å². The Bertz CT molecular complexity index is 400. The van der Waals surface area contributed by atoms with Crippen molar-refractivity contribution in [2.75, 3.05) is 4.89 Å². The third-order valence-electron chi connectivity index (χ3n) is 1.09. The number of hydrogen-bond donors (Lipinski definition) is 3. The Morgan fingerprint density at radius 3 is 2.69 bits per heavy atom. The molecule has 0 amide bonds. The van der Waals surface area contributed by atoms with Crippen molar-refractivity contribution < 1.29 is 18.8 Å². The number of hydrogen-bond acceptors (Lipinski definition) is 3. The fourth-order valence-corrected chi connectivity index (χ4v) is 1.00. The molecule has 0 aliphatic rings. The van der Waals surface area contributed by atoms with Crippen LogP contribution in [0.4, 0.5) is 10.3 Å². The van der Waals surface area contributed by atoms with Gasteiger partial charge in [-0.2, -0.15) is 0 Å². The molecule has 0 saturated carbocycles. The molecule has 0 fully saturated rings. The zero-order chi connectivity index (χ0) is 10.1. The average molecular weight is 209 g/mol. The summed E-state index contributed by atoms with van der Waals surface area (Å²) in [5.41, 5.74) is -0.895. The van der Waals surface area contributed by atoms with Gasteiger partial charge in [0.15, 0.2) is 5.82 Å². The molecule has 1 aromatic heterocycles. The minimum absolute atomic E-state index is 0.645. The Kier molecular flexibility index (Phi) is 2.46. The second-order valence-corrected chi connectivity index (χ2v) is 3.41. The van der Waals surface area contributed by atoms with E-state index in [-0.39, 0.29) is 0 Å². The highest BCUT2D eigenvalue weighted by molar-refractivity contribution is 7.53. The molecule has 1 aromatic rings. The maximum atomic E-state index is 12.7. The van der Waals surface area contributed by atoms with E-state index in [1.54, 1.807) is 4.98 Å². The van der Waals surface area contributed by atoms with E-state index in [1.807, 2.05) is 0 Å². The first-order chi connectivity index (χ1) is 5.91. The summed E-state index contributed by atoms with van der Waals surface area (Å²) in [6.07, 6.45) is 0.927. The summed E-state index contributed by atoms with van der Waals surface area (Å²) in [4.78, 5) is 31.3. The van der Waals surface area contributed by atoms with Crippen molar-refractivity contribution in [1.82, 2.24) is 9.97 Å². The number of H-pyrrole nitrogens is 1. The van der Waals surface area contributed by atoms with Gasteiger partial charge >= 0.3 is 13.4 Å². The van der Waals surface area contributed by atoms with Gasteiger partial charge in [-0.15, -0.1) is 0 Å². The van der Waals surface area contributed by atoms with Gasteiger partial charge in [-0.3, -0.25) is 4.98 Å². The standard InChI is InChI=1S/C4H5FN3O4P/c5-8(13(10,11)12)3-1-2-6-4(9)7-3/h1-2H,(H,6,7,9)(H2,10,11,12). The summed E-state index contributed by atoms with van der Waals surface area (Å²) in [6.45, 7) is 0. The minimum Gasteiger partial charge on any atom is -0.306 e. The number of nitrogens with one attached hydrogen (secondary N) is 1. The molecule has 3 N–H and O–H groups in total. The number of aromatic amines is 1. The molecule has 72 valence electrons. The number of halogens is 1. The van der Waals surface area contributed by atoms with E-state index in [0.717, 1.165) is 12.3 Å². The lowest BCUT2D eigenvalue weighted by molar-refractivity contribution is 0.331. The monoisotopic (exact) mass is 209 g/mol. The highest BCUT2D eigenvalue weighted by Crippen LogP contribution is 2.42. The lowest BCUT2D eigenvalue weighted by Crippen LogP contribution is -2.16. The SMILES string of the molecule is O=c1nccc(N(F)P(=O)(O)O)[nH]1. The van der Waals surface area contributed by atoms with Crippen molar-refractivity contribution in [3.8, 4) is 0 Å². The summed E-state index contributed by atoms with van der Waals surface area (Å²) in [5.74, 6) is -0.645. The van der Waals surface area contributed by atoms with Crippen LogP contribution in [0.2, 0.25) is 0 Å². The third-order valence-corrected chi connectivity index (χ3v) is 1.76. The van der Waals surface area contributed by atoms with Crippen LogP contribution in [0.1, 0.15) is 0 Å². The molecule has 7 nitrogen and oxygen atoms in total. The van der Waals surface area contributed by atoms with E-state index in [4.69, 9.17) is 9.79 Å². The molecule has 0 unspecified atom stereocenters. The molecule has 0 aliphatic heterocycles. The Balaban J connectivity index is 3.10. The Hall–Kier alpha value is -1.24. The summed E-state index contributed by atoms with van der Waals surface area (Å²) in [6, 6.07) is 0.917. The maximum absolute atomic E-state index is 12.7. The molecule has 13 heavy (non-hydrogen) atoms. The first-order valence-corrected chi connectivity index (χ1v) is 4.55. The minimum atomic E-state index is -5.03. The summed E-state index contributed by atoms with van der Waals surface area (Å²) < 4.78 is 23.0. The van der Waals surface area contributed by atoms with Crippen LogP contribution in [0.25, 0.3) is 0 Å². The van der Waals surface area contributed by atoms with Gasteiger partial charge in [-0.25, -0.2) is 14.3 Å². The molecular formula is C4H5FN3O4P. The van der Waals surface area contributed by atoms with Crippen LogP contribution >= 0.6 is 7.75 Å². The number of nitrogens with zero attached hydrogens (tertiary/aromatic N) is 2. The first-order valence-electron chi connectivity index (χ1n) is 2.98. The molecule has 9 heteroatoms. The van der Waals surface area contributed by atoms with Gasteiger partial charge in [0.1, 0.15) is 0 Å². The fraction of sp³-hybridized carbons (Fsp3) is 0. The van der Waals surface area contributed by atoms with Gasteiger partial charge in [0.25, 0.3) is 0 Å². The van der Waals surface area contributed by atoms with E-state index < -0.39 is 24.1 Å². The lowest BCUT2D eigenvalue weighted by atomic mass is 10.6. The van der Waals surface area contributed by atoms with Crippen molar-refractivity contribution in [3.05, 3.63) is 22.7 Å². The number of rotatable bonds is 2. The van der Waals surface area contributed by atoms with E-state index in [0.29, 0.717) is 0 Å². The molecule has 0 atom stereocenters. The Morgan fingerprint density at radius 1 is 1.62 bits per heavy atom. The van der Waals surface area contributed by atoms with E-state index in [2.05, 4.69) is 4.98 Å². The van der Waals surface area contributed by atoms with Gasteiger partial charge in [-0.1, -0.05) is 9.37 Å². The maximum Gasteiger partial charge on any atom is 0.459 e. The predicted molar refractivity (Wildman–Crippen MR) is 40.5 cm³/mol. The number of anilines is 1. The number of aromatic nitrogens is 2. The van der Waals surface area contributed by atoms with Gasteiger partial charge in [0, 0.05) is 12.3 Å². The van der Waals surface area contributed by atoms with Gasteiger partial charge in [-0.05, 0) is 0 Å². The second-order valence-electron chi connectivity index (χ2n) is 2.03. The fourth-order valence-electron chi connectivity index (χ4n) is 0.607. The Morgan fingerprint density at radius 2 is 2.23 bits per heavy atom. The molecule has 0 aromatic carbocycles. The molecule has 0 spiro atoms. The molecule has 1 heterocycles. The van der Waals surface area contributed by atoms with Crippen LogP contribution in [0.3, 0.4) is 0 Å². The summed E-state index contributed by atoms with van der Waals surface area (Å²) in [7, 11) is -5.03. The van der Waals surface area contributed by atoms with Gasteiger partial charge in [0.2, 0.25) is 0 Å². The van der Waals surface area contributed by atoms with Crippen LogP contribution in [0, 0.1) is 0 Å². The van der Waals surface area contributed by atoms with E-state index in [1.165, 1.54) is 0 Å². The molecule has 0 radical (unpaired) electrons. The van der Waals surface area contributed by atoms with Crippen molar-refractivity contribution in [2.24, 2.45) is 0 Å². The average Bonchev–Trinajstić information content (AvgIpc) is 2.01. The van der Waals surface area contributed by atoms with Crippen molar-refractivity contribution in [1.29, 1.82) is 0 Å². The molecule has 1 rings (SSSR count). The topological polar surface area (TPSA) is 107 Å². The second kappa shape index (κ2) is 3.25. The summed E-state index contributed by atoms with van der Waals surface area (Å²) >= 11 is 0. The summed E-state index contributed by atoms with van der Waals surface area (Å²) in [5, 5.41) is 0. The Labute approximate surface area is 71.0 Å². The quantitative estimate of drug-likeness (QED) is 0.450. The zero-order valence-electron chi connectivity index (χ0n) is 6.09. The molecule has 0 aliphatic carbocycles. The van der Waals surface area contributed by atoms with Crippen LogP contribution < -0.4 is 10.6 Å². The first kappa shape index (κ1) is 9.85. The van der Waals surface area contributed by atoms with Crippen molar-refractivity contribution in [3.63, 3.8) is 0 Å². The zero-order valence-corrected chi connectivity index (χ0v) is 6.98. The normalized spacial score (nSPS) is 11.3. The molecule has 0 bridgehead atoms. The highest BCUT2D eigenvalue weighted by Gasteiger charge is 2.26. The van der Waals surface area contributed by atoms with Gasteiger partial charge in [0.05, 0.1) is 0 Å². The molecular weight excluding hydrogens is 204 g/mol. The third kappa shape index (κ3) is 2.35. The van der Waals surface area contributed by atoms with E-state index >= 15 is 0 Å². The van der Waals surface area contributed by atoms with Gasteiger partial charge < -0.3 is 9.79 Å².